The number of thiazole rings is 1. The highest BCUT2D eigenvalue weighted by atomic mass is 35.5. The molecule has 0 bridgehead atoms. The summed E-state index contributed by atoms with van der Waals surface area (Å²) in [6.07, 6.45) is 1.34. The molecule has 0 aliphatic heterocycles. The molecule has 2 aromatic rings. The van der Waals surface area contributed by atoms with Crippen molar-refractivity contribution in [1.29, 1.82) is 0 Å². The van der Waals surface area contributed by atoms with Gasteiger partial charge in [-0.15, -0.1) is 11.3 Å². The number of hydrogen-bond acceptors (Lipinski definition) is 13. The predicted octanol–water partition coefficient (Wildman–Crippen LogP) is 1.70. The minimum Gasteiger partial charge on any atom is -0.368 e. The van der Waals surface area contributed by atoms with Gasteiger partial charge in [-0.2, -0.15) is 0 Å². The van der Waals surface area contributed by atoms with Crippen molar-refractivity contribution in [2.75, 3.05) is 5.32 Å². The van der Waals surface area contributed by atoms with Gasteiger partial charge in [-0.1, -0.05) is 46.6 Å². The molecule has 0 spiro atoms. The van der Waals surface area contributed by atoms with Gasteiger partial charge in [0, 0.05) is 21.5 Å². The van der Waals surface area contributed by atoms with Crippen molar-refractivity contribution in [1.82, 2.24) is 4.98 Å². The monoisotopic (exact) mass is 1040 g/mol. The number of thioether (sulfide) groups is 1. The van der Waals surface area contributed by atoms with E-state index in [0.717, 1.165) is 11.3 Å². The third-order valence-corrected chi connectivity index (χ3v) is 24.4. The fraction of sp³-hybridized carbons (Fsp3) is 0.357. The van der Waals surface area contributed by atoms with Gasteiger partial charge in [0.25, 0.3) is 5.08 Å². The molecule has 0 aliphatic carbocycles. The smallest absolute Gasteiger partial charge is 0.368 e. The number of benzene rings is 1. The summed E-state index contributed by atoms with van der Waals surface area (Å²) in [5.41, 5.74) is -2.25. The zero-order chi connectivity index (χ0) is 44.0. The molecular formula is C14H29Cl3N2O25P8S2. The van der Waals surface area contributed by atoms with Crippen LogP contribution in [0.25, 0.3) is 0 Å². The van der Waals surface area contributed by atoms with Crippen molar-refractivity contribution in [3.05, 3.63) is 40.9 Å². The van der Waals surface area contributed by atoms with E-state index in [1.54, 1.807) is 0 Å². The molecule has 1 aromatic heterocycles. The zero-order valence-electron chi connectivity index (χ0n) is 25.5. The second-order valence-electron chi connectivity index (χ2n) is 9.27. The summed E-state index contributed by atoms with van der Waals surface area (Å²) >= 11 is 16.5. The highest BCUT2D eigenvalue weighted by Crippen LogP contribution is 2.73. The van der Waals surface area contributed by atoms with Gasteiger partial charge in [-0.25, -0.2) is 4.98 Å². The van der Waals surface area contributed by atoms with E-state index in [1.807, 2.05) is 5.32 Å². The molecule has 18 N–H and O–H groups in total. The van der Waals surface area contributed by atoms with Gasteiger partial charge in [-0.3, -0.25) is 36.5 Å². The fourth-order valence-corrected chi connectivity index (χ4v) is 11.7. The Morgan fingerprint density at radius 2 is 1.00 bits per heavy atom. The number of anilines is 1. The average molecular weight is 1040 g/mol. The molecule has 0 aliphatic rings. The molecule has 0 radical (unpaired) electrons. The molecule has 0 saturated heterocycles. The van der Waals surface area contributed by atoms with Crippen LogP contribution in [0.3, 0.4) is 0 Å². The van der Waals surface area contributed by atoms with Crippen molar-refractivity contribution in [2.45, 2.75) is 31.0 Å². The van der Waals surface area contributed by atoms with Crippen LogP contribution in [-0.2, 0) is 36.5 Å². The first kappa shape index (κ1) is 57.1. The summed E-state index contributed by atoms with van der Waals surface area (Å²) in [5.74, 6) is 0. The van der Waals surface area contributed by atoms with Gasteiger partial charge < -0.3 is 88.7 Å². The Kier molecular flexibility index (Phi) is 21.7. The number of nitrogens with zero attached hydrogens (tertiary/aromatic N) is 1. The highest BCUT2D eigenvalue weighted by Gasteiger charge is 2.58. The van der Waals surface area contributed by atoms with Gasteiger partial charge in [0.1, 0.15) is 0 Å². The maximum atomic E-state index is 11.0. The largest absolute Gasteiger partial charge is 0.373 e. The second-order valence-corrected chi connectivity index (χ2v) is 30.6. The summed E-state index contributed by atoms with van der Waals surface area (Å²) in [4.78, 5) is 140. The number of alkyl halides is 2. The van der Waals surface area contributed by atoms with Gasteiger partial charge in [0.05, 0.1) is 0 Å². The predicted molar refractivity (Wildman–Crippen MR) is 192 cm³/mol. The molecule has 318 valence electrons. The molecule has 0 atom stereocenters. The number of hydrogen-bond donors (Lipinski definition) is 18. The molecular weight excluding hydrogens is 1010 g/mol. The first-order valence-corrected chi connectivity index (χ1v) is 28.0. The topological polar surface area (TPSA) is 505 Å². The summed E-state index contributed by atoms with van der Waals surface area (Å²) in [6, 6.07) is 5.76. The van der Waals surface area contributed by atoms with Crippen molar-refractivity contribution in [2.24, 2.45) is 0 Å². The number of aliphatic hydroxyl groups is 1. The fourth-order valence-electron chi connectivity index (χ4n) is 2.08. The van der Waals surface area contributed by atoms with E-state index in [2.05, 4.69) is 4.98 Å². The third kappa shape index (κ3) is 19.4. The molecule has 0 amide bonds. The molecule has 0 saturated carbocycles. The van der Waals surface area contributed by atoms with Crippen LogP contribution in [-0.4, -0.2) is 108 Å². The Hall–Kier alpha value is 1.03. The molecule has 54 heavy (non-hydrogen) atoms. The van der Waals surface area contributed by atoms with Crippen LogP contribution in [0.15, 0.2) is 40.7 Å². The Morgan fingerprint density at radius 3 is 1.20 bits per heavy atom. The standard InChI is InChI=1S/C7H9ClO6P2S.C4H8N2O6P2S.C2H8O7P2.CH4Cl2O6P2/c8-5-1-3-6(4-2-5)17-7(15(9,10)11)16(12,13)14;7-13(8,9)4(14(10,11)12)6-3-5-1-2-15-3;1-2(3,10(4,5)6)11(7,8)9;2-1(3,10(4,5)6)11(7,8)9/h1-4,7H,(H2,9,10,11)(H2,12,13,14);1-2,4H,(H,5,6)(H2,7,8,9)(H2,10,11,12);3H,1H3,(H2,4,5,6)(H2,7,8,9);(H2,4,5,6)(H2,7,8,9). The summed E-state index contributed by atoms with van der Waals surface area (Å²) in [5, 5.41) is 9.34. The third-order valence-electron chi connectivity index (χ3n) is 4.76. The lowest BCUT2D eigenvalue weighted by atomic mass is 10.4. The lowest BCUT2D eigenvalue weighted by Crippen LogP contribution is -2.23. The van der Waals surface area contributed by atoms with Crippen molar-refractivity contribution < 1.29 is 120 Å². The van der Waals surface area contributed by atoms with Crippen LogP contribution in [0.4, 0.5) is 5.13 Å². The van der Waals surface area contributed by atoms with Gasteiger partial charge >= 0.3 is 64.6 Å². The van der Waals surface area contributed by atoms with Crippen LogP contribution in [0, 0.1) is 0 Å². The van der Waals surface area contributed by atoms with Crippen LogP contribution < -0.4 is 5.32 Å². The maximum Gasteiger partial charge on any atom is 0.373 e. The zero-order valence-corrected chi connectivity index (χ0v) is 36.5. The Bertz CT molecular complexity index is 1760. The van der Waals surface area contributed by atoms with E-state index in [4.69, 9.17) is 118 Å². The van der Waals surface area contributed by atoms with E-state index in [-0.39, 0.29) is 5.13 Å². The molecule has 0 fully saturated rings. The molecule has 1 heterocycles. The van der Waals surface area contributed by atoms with E-state index in [1.165, 1.54) is 35.8 Å². The van der Waals surface area contributed by atoms with Crippen LogP contribution >= 0.6 is 119 Å². The van der Waals surface area contributed by atoms with E-state index < -0.39 is 79.9 Å². The lowest BCUT2D eigenvalue weighted by Gasteiger charge is -2.24. The maximum absolute atomic E-state index is 11.0. The summed E-state index contributed by atoms with van der Waals surface area (Å²) < 4.78 is 79.2. The second kappa shape index (κ2) is 20.5. The number of nitrogens with one attached hydrogen (secondary N) is 1. The normalized spacial score (nSPS) is 13.9. The van der Waals surface area contributed by atoms with Crippen molar-refractivity contribution in [3.8, 4) is 0 Å². The Balaban J connectivity index is 0. The molecule has 40 heteroatoms. The number of rotatable bonds is 12. The van der Waals surface area contributed by atoms with Crippen molar-refractivity contribution >= 4 is 124 Å². The molecule has 1 aromatic carbocycles. The highest BCUT2D eigenvalue weighted by molar-refractivity contribution is 8.12. The van der Waals surface area contributed by atoms with Crippen LogP contribution in [0.1, 0.15) is 6.92 Å². The Labute approximate surface area is 324 Å². The van der Waals surface area contributed by atoms with Crippen molar-refractivity contribution in [3.63, 3.8) is 0 Å². The average Bonchev–Trinajstić information content (AvgIpc) is 3.41. The first-order valence-electron chi connectivity index (χ1n) is 11.9. The van der Waals surface area contributed by atoms with E-state index in [0.29, 0.717) is 28.6 Å². The molecule has 27 nitrogen and oxygen atoms in total. The Morgan fingerprint density at radius 1 is 0.648 bits per heavy atom. The van der Waals surface area contributed by atoms with Gasteiger partial charge in [0.15, 0.2) is 5.13 Å². The number of aromatic nitrogens is 1. The minimum atomic E-state index is -5.22. The summed E-state index contributed by atoms with van der Waals surface area (Å²) in [7, 11) is -40.5. The lowest BCUT2D eigenvalue weighted by molar-refractivity contribution is 0.146. The molecule has 2 rings (SSSR count). The quantitative estimate of drug-likeness (QED) is 0.0817. The van der Waals surface area contributed by atoms with Crippen LogP contribution in [0.2, 0.25) is 5.02 Å². The van der Waals surface area contributed by atoms with Gasteiger partial charge in [0.2, 0.25) is 10.3 Å². The summed E-state index contributed by atoms with van der Waals surface area (Å²) in [6.45, 7) is 0.383. The van der Waals surface area contributed by atoms with Gasteiger partial charge in [-0.05, 0) is 31.2 Å². The van der Waals surface area contributed by atoms with Crippen LogP contribution in [0.5, 0.6) is 0 Å². The minimum absolute atomic E-state index is 0.0339. The SMILES string of the molecule is CC(O)(P(=O)(O)O)P(=O)(O)O.O=P(O)(O)C(Cl)(Cl)P(=O)(O)O.O=P(O)(O)C(Nc1nccs1)P(=O)(O)O.O=P(O)(O)C(Sc1ccc(Cl)cc1)P(=O)(O)O. The molecule has 0 unspecified atom stereocenters. The first-order chi connectivity index (χ1) is 23.3. The van der Waals surface area contributed by atoms with E-state index >= 15 is 0 Å². The van der Waals surface area contributed by atoms with E-state index in [9.17, 15) is 36.5 Å². The number of halogens is 3.